The smallest absolute Gasteiger partial charge is 0.266 e. The molecule has 0 atom stereocenters. The lowest BCUT2D eigenvalue weighted by molar-refractivity contribution is 0.271. The second-order valence-corrected chi connectivity index (χ2v) is 5.28. The summed E-state index contributed by atoms with van der Waals surface area (Å²) < 4.78 is 16.8. The fraction of sp³-hybridized carbons (Fsp3) is 0.176. The summed E-state index contributed by atoms with van der Waals surface area (Å²) in [6.07, 6.45) is 0. The van der Waals surface area contributed by atoms with E-state index in [9.17, 15) is 0 Å². The number of nitrogens with zero attached hydrogens (tertiary/aromatic N) is 2. The van der Waals surface area contributed by atoms with E-state index in [1.165, 1.54) is 0 Å². The Morgan fingerprint density at radius 3 is 2.71 bits per heavy atom. The van der Waals surface area contributed by atoms with Crippen LogP contribution in [0.5, 0.6) is 5.75 Å². The highest BCUT2D eigenvalue weighted by Crippen LogP contribution is 2.27. The van der Waals surface area contributed by atoms with Crippen molar-refractivity contribution in [1.29, 1.82) is 5.26 Å². The minimum atomic E-state index is 0.196. The molecule has 7 heteroatoms. The lowest BCUT2D eigenvalue weighted by atomic mass is 10.3. The van der Waals surface area contributed by atoms with E-state index in [4.69, 9.17) is 30.4 Å². The van der Waals surface area contributed by atoms with Crippen molar-refractivity contribution >= 4 is 17.5 Å². The molecule has 122 valence electrons. The van der Waals surface area contributed by atoms with Crippen LogP contribution < -0.4 is 10.1 Å². The normalized spacial score (nSPS) is 10.4. The Morgan fingerprint density at radius 1 is 1.21 bits per heavy atom. The molecule has 0 aliphatic carbocycles. The van der Waals surface area contributed by atoms with Gasteiger partial charge in [-0.05, 0) is 43.3 Å². The van der Waals surface area contributed by atoms with Crippen molar-refractivity contribution in [3.05, 3.63) is 52.9 Å². The molecule has 2 heterocycles. The third kappa shape index (κ3) is 3.53. The van der Waals surface area contributed by atoms with Crippen molar-refractivity contribution < 1.29 is 13.6 Å². The van der Waals surface area contributed by atoms with Gasteiger partial charge in [0.05, 0.1) is 0 Å². The second-order valence-electron chi connectivity index (χ2n) is 4.85. The molecule has 2 aromatic heterocycles. The number of benzene rings is 1. The highest BCUT2D eigenvalue weighted by Gasteiger charge is 2.16. The Labute approximate surface area is 143 Å². The molecule has 0 saturated heterocycles. The first kappa shape index (κ1) is 16.0. The molecule has 0 spiro atoms. The van der Waals surface area contributed by atoms with Crippen LogP contribution in [0.4, 0.5) is 5.88 Å². The largest absolute Gasteiger partial charge is 0.486 e. The number of aromatic nitrogens is 1. The van der Waals surface area contributed by atoms with Crippen LogP contribution in [-0.4, -0.2) is 11.5 Å². The van der Waals surface area contributed by atoms with Gasteiger partial charge in [0, 0.05) is 11.6 Å². The number of hydrogen-bond donors (Lipinski definition) is 1. The van der Waals surface area contributed by atoms with Gasteiger partial charge in [0.2, 0.25) is 11.6 Å². The molecule has 0 saturated carbocycles. The molecule has 24 heavy (non-hydrogen) atoms. The number of hydrogen-bond acceptors (Lipinski definition) is 6. The zero-order valence-electron chi connectivity index (χ0n) is 12.9. The maximum absolute atomic E-state index is 9.07. The highest BCUT2D eigenvalue weighted by molar-refractivity contribution is 6.30. The van der Waals surface area contributed by atoms with Crippen LogP contribution in [0, 0.1) is 11.3 Å². The van der Waals surface area contributed by atoms with E-state index in [1.807, 2.05) is 13.0 Å². The van der Waals surface area contributed by atoms with Gasteiger partial charge in [0.15, 0.2) is 5.76 Å². The quantitative estimate of drug-likeness (QED) is 0.710. The molecule has 0 amide bonds. The molecule has 3 aromatic rings. The summed E-state index contributed by atoms with van der Waals surface area (Å²) in [6.45, 7) is 2.79. The number of nitrogens with one attached hydrogen (secondary N) is 1. The van der Waals surface area contributed by atoms with Crippen LogP contribution in [0.15, 0.2) is 45.2 Å². The van der Waals surface area contributed by atoms with E-state index in [-0.39, 0.29) is 18.2 Å². The Hall–Kier alpha value is -2.91. The minimum Gasteiger partial charge on any atom is -0.486 e. The topological polar surface area (TPSA) is 84.2 Å². The molecule has 0 aliphatic rings. The van der Waals surface area contributed by atoms with Gasteiger partial charge in [-0.1, -0.05) is 11.6 Å². The third-order valence-electron chi connectivity index (χ3n) is 3.14. The van der Waals surface area contributed by atoms with Crippen LogP contribution in [0.2, 0.25) is 5.02 Å². The molecule has 1 N–H and O–H groups in total. The summed E-state index contributed by atoms with van der Waals surface area (Å²) in [7, 11) is 0. The van der Waals surface area contributed by atoms with Crippen LogP contribution in [0.25, 0.3) is 11.7 Å². The number of rotatable bonds is 6. The van der Waals surface area contributed by atoms with Crippen LogP contribution in [0.1, 0.15) is 18.4 Å². The molecular formula is C17H14ClN3O3. The second kappa shape index (κ2) is 7.11. The van der Waals surface area contributed by atoms with Crippen molar-refractivity contribution in [2.45, 2.75) is 13.5 Å². The van der Waals surface area contributed by atoms with Crippen LogP contribution in [-0.2, 0) is 6.61 Å². The number of anilines is 1. The van der Waals surface area contributed by atoms with E-state index in [2.05, 4.69) is 10.3 Å². The first-order chi connectivity index (χ1) is 11.7. The maximum Gasteiger partial charge on any atom is 0.266 e. The van der Waals surface area contributed by atoms with E-state index in [0.29, 0.717) is 34.7 Å². The molecule has 1 aromatic carbocycles. The van der Waals surface area contributed by atoms with E-state index in [0.717, 1.165) is 0 Å². The predicted octanol–water partition coefficient (Wildman–Crippen LogP) is 4.47. The van der Waals surface area contributed by atoms with Gasteiger partial charge < -0.3 is 18.9 Å². The van der Waals surface area contributed by atoms with Crippen molar-refractivity contribution in [2.24, 2.45) is 0 Å². The lowest BCUT2D eigenvalue weighted by Gasteiger charge is -2.03. The van der Waals surface area contributed by atoms with Gasteiger partial charge >= 0.3 is 0 Å². The van der Waals surface area contributed by atoms with Crippen molar-refractivity contribution in [2.75, 3.05) is 11.9 Å². The molecule has 0 fully saturated rings. The Balaban J connectivity index is 1.71. The van der Waals surface area contributed by atoms with Crippen molar-refractivity contribution in [1.82, 2.24) is 4.98 Å². The fourth-order valence-electron chi connectivity index (χ4n) is 2.04. The number of oxazole rings is 1. The minimum absolute atomic E-state index is 0.196. The highest BCUT2D eigenvalue weighted by atomic mass is 35.5. The van der Waals surface area contributed by atoms with Gasteiger partial charge in [0.1, 0.15) is 24.2 Å². The molecular weight excluding hydrogens is 330 g/mol. The first-order valence-electron chi connectivity index (χ1n) is 7.32. The van der Waals surface area contributed by atoms with Crippen LogP contribution in [0.3, 0.4) is 0 Å². The third-order valence-corrected chi connectivity index (χ3v) is 3.39. The maximum atomic E-state index is 9.07. The molecule has 0 aliphatic heterocycles. The molecule has 0 bridgehead atoms. The SMILES string of the molecule is CCNc1oc(-c2ccc(COc3ccc(Cl)cc3)o2)nc1C#N. The average molecular weight is 344 g/mol. The Kier molecular flexibility index (Phi) is 4.73. The number of furan rings is 1. The Morgan fingerprint density at radius 2 is 2.00 bits per heavy atom. The van der Waals surface area contributed by atoms with Crippen molar-refractivity contribution in [3.63, 3.8) is 0 Å². The summed E-state index contributed by atoms with van der Waals surface area (Å²) in [5, 5.41) is 12.7. The Bertz CT molecular complexity index is 862. The van der Waals surface area contributed by atoms with Crippen LogP contribution >= 0.6 is 11.6 Å². The number of halogens is 1. The zero-order chi connectivity index (χ0) is 16.9. The van der Waals surface area contributed by atoms with Gasteiger partial charge in [-0.2, -0.15) is 10.2 Å². The van der Waals surface area contributed by atoms with Gasteiger partial charge in [0.25, 0.3) is 5.89 Å². The average Bonchev–Trinajstić information content (AvgIpc) is 3.21. The van der Waals surface area contributed by atoms with Gasteiger partial charge in [-0.15, -0.1) is 0 Å². The summed E-state index contributed by atoms with van der Waals surface area (Å²) in [4.78, 5) is 4.12. The standard InChI is InChI=1S/C17H14ClN3O3/c1-2-20-16-14(9-19)21-17(24-16)15-8-7-13(23-15)10-22-12-5-3-11(18)4-6-12/h3-8,20H,2,10H2,1H3. The van der Waals surface area contributed by atoms with E-state index >= 15 is 0 Å². The number of ether oxygens (including phenoxy) is 1. The van der Waals surface area contributed by atoms with E-state index < -0.39 is 0 Å². The van der Waals surface area contributed by atoms with Gasteiger partial charge in [-0.3, -0.25) is 0 Å². The summed E-state index contributed by atoms with van der Waals surface area (Å²) in [5.41, 5.74) is 0.196. The summed E-state index contributed by atoms with van der Waals surface area (Å²) in [6, 6.07) is 12.5. The van der Waals surface area contributed by atoms with Crippen molar-refractivity contribution in [3.8, 4) is 23.5 Å². The molecule has 6 nitrogen and oxygen atoms in total. The molecule has 3 rings (SSSR count). The fourth-order valence-corrected chi connectivity index (χ4v) is 2.16. The zero-order valence-corrected chi connectivity index (χ0v) is 13.6. The van der Waals surface area contributed by atoms with E-state index in [1.54, 1.807) is 36.4 Å². The van der Waals surface area contributed by atoms with Gasteiger partial charge in [-0.25, -0.2) is 0 Å². The predicted molar refractivity (Wildman–Crippen MR) is 88.9 cm³/mol. The number of nitriles is 1. The molecule has 0 unspecified atom stereocenters. The summed E-state index contributed by atoms with van der Waals surface area (Å²) in [5.74, 6) is 2.33. The molecule has 0 radical (unpaired) electrons. The summed E-state index contributed by atoms with van der Waals surface area (Å²) >= 11 is 5.83. The lowest BCUT2D eigenvalue weighted by Crippen LogP contribution is -1.96. The monoisotopic (exact) mass is 343 g/mol. The first-order valence-corrected chi connectivity index (χ1v) is 7.69.